The van der Waals surface area contributed by atoms with E-state index in [-0.39, 0.29) is 0 Å². The molecule has 19 heavy (non-hydrogen) atoms. The Bertz CT molecular complexity index is 512. The molecule has 1 aromatic heterocycles. The number of rotatable bonds is 1. The summed E-state index contributed by atoms with van der Waals surface area (Å²) in [6.45, 7) is 9.17. The molecule has 4 heteroatoms. The fourth-order valence-electron chi connectivity index (χ4n) is 3.81. The van der Waals surface area contributed by atoms with Gasteiger partial charge >= 0.3 is 0 Å². The van der Waals surface area contributed by atoms with E-state index in [2.05, 4.69) is 41.7 Å². The third-order valence-corrected chi connectivity index (χ3v) is 4.98. The maximum atomic E-state index is 8.83. The summed E-state index contributed by atoms with van der Waals surface area (Å²) in [6, 6.07) is 5.94. The van der Waals surface area contributed by atoms with Crippen molar-refractivity contribution in [3.8, 4) is 6.07 Å². The van der Waals surface area contributed by atoms with Gasteiger partial charge in [0.25, 0.3) is 0 Å². The molecule has 2 aliphatic rings. The molecular formula is C15H20N4. The van der Waals surface area contributed by atoms with E-state index < -0.39 is 0 Å². The van der Waals surface area contributed by atoms with Crippen molar-refractivity contribution >= 4 is 5.82 Å². The second-order valence-corrected chi connectivity index (χ2v) is 6.67. The van der Waals surface area contributed by atoms with Gasteiger partial charge in [-0.2, -0.15) is 5.26 Å². The summed E-state index contributed by atoms with van der Waals surface area (Å²) in [5.41, 5.74) is 1.29. The molecule has 0 aliphatic carbocycles. The van der Waals surface area contributed by atoms with Crippen LogP contribution in [-0.4, -0.2) is 43.1 Å². The highest BCUT2D eigenvalue weighted by Crippen LogP contribution is 2.51. The average molecular weight is 256 g/mol. The van der Waals surface area contributed by atoms with E-state index in [1.807, 2.05) is 12.1 Å². The summed E-state index contributed by atoms with van der Waals surface area (Å²) in [7, 11) is 2.21. The first-order chi connectivity index (χ1) is 8.96. The molecule has 100 valence electrons. The molecule has 4 nitrogen and oxygen atoms in total. The molecular weight excluding hydrogens is 236 g/mol. The third-order valence-electron chi connectivity index (χ3n) is 4.98. The topological polar surface area (TPSA) is 43.2 Å². The van der Waals surface area contributed by atoms with Gasteiger partial charge in [-0.1, -0.05) is 13.8 Å². The van der Waals surface area contributed by atoms with Crippen molar-refractivity contribution in [1.29, 1.82) is 5.26 Å². The predicted octanol–water partition coefficient (Wildman–Crippen LogP) is 1.73. The predicted molar refractivity (Wildman–Crippen MR) is 74.9 cm³/mol. The molecule has 2 atom stereocenters. The van der Waals surface area contributed by atoms with E-state index in [1.54, 1.807) is 6.20 Å². The highest BCUT2D eigenvalue weighted by Gasteiger charge is 2.56. The SMILES string of the molecule is CN1C[C@@]2(C)CN(c3ccc(C#N)cn3)C[C@@]2(C)C1. The van der Waals surface area contributed by atoms with E-state index in [0.29, 0.717) is 16.4 Å². The molecule has 2 saturated heterocycles. The largest absolute Gasteiger partial charge is 0.355 e. The summed E-state index contributed by atoms with van der Waals surface area (Å²) in [5, 5.41) is 8.83. The van der Waals surface area contributed by atoms with Crippen LogP contribution in [0.3, 0.4) is 0 Å². The molecule has 0 aromatic carbocycles. The Labute approximate surface area is 114 Å². The zero-order valence-corrected chi connectivity index (χ0v) is 11.8. The number of hydrogen-bond acceptors (Lipinski definition) is 4. The zero-order valence-electron chi connectivity index (χ0n) is 11.8. The maximum Gasteiger partial charge on any atom is 0.128 e. The molecule has 0 N–H and O–H groups in total. The number of fused-ring (bicyclic) bond motifs is 1. The molecule has 0 unspecified atom stereocenters. The number of anilines is 1. The Hall–Kier alpha value is -1.60. The van der Waals surface area contributed by atoms with Gasteiger partial charge in [-0.25, -0.2) is 4.98 Å². The third kappa shape index (κ3) is 1.81. The van der Waals surface area contributed by atoms with Crippen LogP contribution in [0.2, 0.25) is 0 Å². The molecule has 0 saturated carbocycles. The van der Waals surface area contributed by atoms with Gasteiger partial charge in [0.15, 0.2) is 0 Å². The average Bonchev–Trinajstić information content (AvgIpc) is 2.72. The first-order valence-corrected chi connectivity index (χ1v) is 6.75. The summed E-state index contributed by atoms with van der Waals surface area (Å²) in [5.74, 6) is 0.999. The van der Waals surface area contributed by atoms with Gasteiger partial charge in [0, 0.05) is 43.2 Å². The van der Waals surface area contributed by atoms with Crippen LogP contribution in [0.1, 0.15) is 19.4 Å². The minimum Gasteiger partial charge on any atom is -0.355 e. The minimum atomic E-state index is 0.331. The highest BCUT2D eigenvalue weighted by molar-refractivity contribution is 5.45. The molecule has 2 aliphatic heterocycles. The monoisotopic (exact) mass is 256 g/mol. The van der Waals surface area contributed by atoms with Crippen molar-refractivity contribution in [2.75, 3.05) is 38.1 Å². The van der Waals surface area contributed by atoms with Crippen LogP contribution in [-0.2, 0) is 0 Å². The number of nitrogens with zero attached hydrogens (tertiary/aromatic N) is 4. The van der Waals surface area contributed by atoms with Gasteiger partial charge < -0.3 is 9.80 Å². The minimum absolute atomic E-state index is 0.331. The summed E-state index contributed by atoms with van der Waals surface area (Å²) in [4.78, 5) is 9.23. The second kappa shape index (κ2) is 3.94. The maximum absolute atomic E-state index is 8.83. The van der Waals surface area contributed by atoms with Crippen molar-refractivity contribution in [3.63, 3.8) is 0 Å². The number of likely N-dealkylation sites (tertiary alicyclic amines) is 1. The van der Waals surface area contributed by atoms with Crippen LogP contribution in [0, 0.1) is 22.2 Å². The second-order valence-electron chi connectivity index (χ2n) is 6.67. The van der Waals surface area contributed by atoms with Crippen molar-refractivity contribution in [2.24, 2.45) is 10.8 Å². The highest BCUT2D eigenvalue weighted by atomic mass is 15.3. The van der Waals surface area contributed by atoms with Crippen molar-refractivity contribution in [1.82, 2.24) is 9.88 Å². The van der Waals surface area contributed by atoms with E-state index in [0.717, 1.165) is 32.0 Å². The smallest absolute Gasteiger partial charge is 0.128 e. The van der Waals surface area contributed by atoms with Crippen LogP contribution < -0.4 is 4.90 Å². The van der Waals surface area contributed by atoms with Gasteiger partial charge in [-0.05, 0) is 19.2 Å². The summed E-state index contributed by atoms with van der Waals surface area (Å²) >= 11 is 0. The lowest BCUT2D eigenvalue weighted by atomic mass is 9.71. The van der Waals surface area contributed by atoms with E-state index in [1.165, 1.54) is 0 Å². The molecule has 0 bridgehead atoms. The van der Waals surface area contributed by atoms with E-state index in [4.69, 9.17) is 5.26 Å². The number of pyridine rings is 1. The first kappa shape index (κ1) is 12.4. The Morgan fingerprint density at radius 3 is 2.26 bits per heavy atom. The van der Waals surface area contributed by atoms with Gasteiger partial charge in [0.2, 0.25) is 0 Å². The Kier molecular flexibility index (Phi) is 2.58. The molecule has 3 heterocycles. The lowest BCUT2D eigenvalue weighted by Gasteiger charge is -2.30. The van der Waals surface area contributed by atoms with Crippen LogP contribution >= 0.6 is 0 Å². The molecule has 0 spiro atoms. The van der Waals surface area contributed by atoms with Crippen LogP contribution in [0.15, 0.2) is 18.3 Å². The molecule has 0 amide bonds. The van der Waals surface area contributed by atoms with Crippen molar-refractivity contribution in [3.05, 3.63) is 23.9 Å². The summed E-state index contributed by atoms with van der Waals surface area (Å²) < 4.78 is 0. The normalized spacial score (nSPS) is 34.3. The fraction of sp³-hybridized carbons (Fsp3) is 0.600. The van der Waals surface area contributed by atoms with Crippen LogP contribution in [0.4, 0.5) is 5.82 Å². The number of aromatic nitrogens is 1. The van der Waals surface area contributed by atoms with Gasteiger partial charge in [-0.15, -0.1) is 0 Å². The zero-order chi connectivity index (χ0) is 13.7. The fourth-order valence-corrected chi connectivity index (χ4v) is 3.81. The standard InChI is InChI=1S/C15H20N4/c1-14-8-18(3)9-15(14,2)11-19(10-14)13-5-4-12(6-16)7-17-13/h4-5,7H,8-11H2,1-3H3/t14-,15+. The molecule has 0 radical (unpaired) electrons. The lowest BCUT2D eigenvalue weighted by Crippen LogP contribution is -2.34. The number of nitriles is 1. The Balaban J connectivity index is 1.85. The Morgan fingerprint density at radius 1 is 1.16 bits per heavy atom. The summed E-state index contributed by atoms with van der Waals surface area (Å²) in [6.07, 6.45) is 1.67. The van der Waals surface area contributed by atoms with E-state index in [9.17, 15) is 0 Å². The van der Waals surface area contributed by atoms with Gasteiger partial charge in [0.1, 0.15) is 11.9 Å². The van der Waals surface area contributed by atoms with Crippen LogP contribution in [0.25, 0.3) is 0 Å². The van der Waals surface area contributed by atoms with Gasteiger partial charge in [-0.3, -0.25) is 0 Å². The molecule has 3 rings (SSSR count). The quantitative estimate of drug-likeness (QED) is 0.767. The first-order valence-electron chi connectivity index (χ1n) is 6.75. The molecule has 1 aromatic rings. The number of hydrogen-bond donors (Lipinski definition) is 0. The Morgan fingerprint density at radius 2 is 1.79 bits per heavy atom. The van der Waals surface area contributed by atoms with Gasteiger partial charge in [0.05, 0.1) is 5.56 Å². The lowest BCUT2D eigenvalue weighted by molar-refractivity contribution is 0.212. The van der Waals surface area contributed by atoms with E-state index >= 15 is 0 Å². The van der Waals surface area contributed by atoms with Crippen LogP contribution in [0.5, 0.6) is 0 Å². The molecule has 2 fully saturated rings. The van der Waals surface area contributed by atoms with Crippen molar-refractivity contribution in [2.45, 2.75) is 13.8 Å². The van der Waals surface area contributed by atoms with Crippen molar-refractivity contribution < 1.29 is 0 Å².